The monoisotopic (exact) mass is 330 g/mol. The molecule has 4 heteroatoms. The van der Waals surface area contributed by atoms with Crippen LogP contribution in [0.1, 0.15) is 50.3 Å². The van der Waals surface area contributed by atoms with Gasteiger partial charge < -0.3 is 14.9 Å². The van der Waals surface area contributed by atoms with E-state index in [1.54, 1.807) is 18.2 Å². The first-order valence-corrected chi connectivity index (χ1v) is 7.85. The highest BCUT2D eigenvalue weighted by atomic mass is 16.5. The number of carboxylic acids is 1. The quantitative estimate of drug-likeness (QED) is 0.833. The van der Waals surface area contributed by atoms with Gasteiger partial charge in [-0.3, -0.25) is 0 Å². The molecule has 0 atom stereocenters. The van der Waals surface area contributed by atoms with Crippen molar-refractivity contribution in [3.63, 3.8) is 0 Å². The lowest BCUT2D eigenvalue weighted by molar-refractivity contribution is -0.139. The summed E-state index contributed by atoms with van der Waals surface area (Å²) in [6.07, 6.45) is 0.657. The average molecular weight is 330 g/mol. The minimum Gasteiger partial charge on any atom is -0.508 e. The summed E-state index contributed by atoms with van der Waals surface area (Å²) in [5.74, 6) is -0.977. The summed E-state index contributed by atoms with van der Waals surface area (Å²) in [7, 11) is 0. The number of aliphatic carboxylic acids is 1. The predicted molar refractivity (Wildman–Crippen MR) is 94.0 cm³/mol. The Labute approximate surface area is 145 Å². The van der Waals surface area contributed by atoms with Gasteiger partial charge in [-0.1, -0.05) is 26.0 Å². The Morgan fingerprint density at radius 1 is 1.21 bits per heavy atom. The highest BCUT2D eigenvalue weighted by Crippen LogP contribution is 2.29. The highest BCUT2D eigenvalue weighted by molar-refractivity contribution is 5.68. The van der Waals surface area contributed by atoms with Gasteiger partial charge in [-0.15, -0.1) is 0 Å². The van der Waals surface area contributed by atoms with Crippen molar-refractivity contribution in [2.45, 2.75) is 40.0 Å². The number of hydrogen-bond acceptors (Lipinski definition) is 3. The van der Waals surface area contributed by atoms with Crippen LogP contribution in [0, 0.1) is 13.8 Å². The van der Waals surface area contributed by atoms with Crippen LogP contribution in [0.5, 0.6) is 11.5 Å². The zero-order valence-corrected chi connectivity index (χ0v) is 14.4. The molecule has 2 rings (SSSR count). The first-order chi connectivity index (χ1) is 12.0. The summed E-state index contributed by atoms with van der Waals surface area (Å²) in [6, 6.07) is 8.87. The third-order valence-electron chi connectivity index (χ3n) is 4.02. The van der Waals surface area contributed by atoms with Crippen molar-refractivity contribution in [1.29, 1.82) is 0 Å². The van der Waals surface area contributed by atoms with E-state index in [9.17, 15) is 9.90 Å². The zero-order valence-electron chi connectivity index (χ0n) is 16.4. The number of phenolic OH excluding ortho intramolecular Hbond substituents is 1. The first-order valence-electron chi connectivity index (χ1n) is 8.85. The van der Waals surface area contributed by atoms with Crippen molar-refractivity contribution >= 4 is 5.97 Å². The Kier molecular flexibility index (Phi) is 4.64. The Morgan fingerprint density at radius 3 is 2.38 bits per heavy atom. The fourth-order valence-electron chi connectivity index (χ4n) is 2.77. The zero-order chi connectivity index (χ0) is 19.6. The number of aromatic hydroxyl groups is 1. The molecule has 0 saturated heterocycles. The molecule has 4 nitrogen and oxygen atoms in total. The number of carbonyl (C=O) groups is 1. The number of phenols is 1. The van der Waals surface area contributed by atoms with Crippen LogP contribution >= 0.6 is 0 Å². The molecular weight excluding hydrogens is 304 g/mol. The average Bonchev–Trinajstić information content (AvgIpc) is 2.51. The predicted octanol–water partition coefficient (Wildman–Crippen LogP) is 4.19. The maximum atomic E-state index is 10.9. The molecule has 0 aliphatic rings. The Hall–Kier alpha value is -2.49. The molecule has 0 fully saturated rings. The van der Waals surface area contributed by atoms with Crippen molar-refractivity contribution in [1.82, 2.24) is 0 Å². The molecule has 2 aromatic carbocycles. The van der Waals surface area contributed by atoms with Crippen molar-refractivity contribution in [3.8, 4) is 11.5 Å². The van der Waals surface area contributed by atoms with Gasteiger partial charge in [-0.2, -0.15) is 0 Å². The van der Waals surface area contributed by atoms with Crippen LogP contribution in [0.3, 0.4) is 0 Å². The van der Waals surface area contributed by atoms with Crippen molar-refractivity contribution in [2.24, 2.45) is 0 Å². The van der Waals surface area contributed by atoms with Crippen molar-refractivity contribution < 1.29 is 22.5 Å². The van der Waals surface area contributed by atoms with Gasteiger partial charge in [0, 0.05) is 0 Å². The normalized spacial score (nSPS) is 12.7. The van der Waals surface area contributed by atoms with Gasteiger partial charge in [0.15, 0.2) is 6.56 Å². The lowest BCUT2D eigenvalue weighted by atomic mass is 9.93. The van der Waals surface area contributed by atoms with E-state index in [-0.39, 0.29) is 17.4 Å². The number of rotatable bonds is 6. The largest absolute Gasteiger partial charge is 0.508 e. The topological polar surface area (TPSA) is 66.8 Å². The molecule has 0 aliphatic carbocycles. The van der Waals surface area contributed by atoms with Gasteiger partial charge in [0.05, 0.1) is 2.74 Å². The van der Waals surface area contributed by atoms with Crippen LogP contribution in [0.15, 0.2) is 30.3 Å². The molecule has 128 valence electrons. The summed E-state index contributed by atoms with van der Waals surface area (Å²) in [5, 5.41) is 18.8. The highest BCUT2D eigenvalue weighted by Gasteiger charge is 2.11. The lowest BCUT2D eigenvalue weighted by Crippen LogP contribution is -2.10. The molecule has 0 bridgehead atoms. The molecule has 0 amide bonds. The number of carboxylic acid groups (broad SMARTS) is 1. The molecule has 2 N–H and O–H groups in total. The van der Waals surface area contributed by atoms with Crippen molar-refractivity contribution in [3.05, 3.63) is 58.1 Å². The number of aryl methyl sites for hydroxylation is 2. The number of hydrogen-bond donors (Lipinski definition) is 2. The summed E-state index contributed by atoms with van der Waals surface area (Å²) >= 11 is 0. The summed E-state index contributed by atoms with van der Waals surface area (Å²) < 4.78 is 19.8. The molecular formula is C20H24O4. The molecule has 0 aromatic heterocycles. The van der Waals surface area contributed by atoms with E-state index in [0.717, 1.165) is 27.8 Å². The molecule has 0 heterocycles. The van der Waals surface area contributed by atoms with Gasteiger partial charge in [0.2, 0.25) is 0 Å². The van der Waals surface area contributed by atoms with Crippen molar-refractivity contribution in [2.75, 3.05) is 6.56 Å². The molecule has 24 heavy (non-hydrogen) atoms. The third-order valence-corrected chi connectivity index (χ3v) is 4.02. The van der Waals surface area contributed by atoms with Crippen LogP contribution in [0.2, 0.25) is 0 Å². The Balaban J connectivity index is 2.32. The van der Waals surface area contributed by atoms with Crippen LogP contribution in [0.4, 0.5) is 0 Å². The van der Waals surface area contributed by atoms with E-state index in [2.05, 4.69) is 0 Å². The molecule has 0 radical (unpaired) electrons. The summed E-state index contributed by atoms with van der Waals surface area (Å²) in [4.78, 5) is 10.9. The minimum absolute atomic E-state index is 0.185. The van der Waals surface area contributed by atoms with E-state index < -0.39 is 12.5 Å². The first kappa shape index (κ1) is 15.1. The second-order valence-corrected chi connectivity index (χ2v) is 6.27. The number of benzene rings is 2. The smallest absolute Gasteiger partial charge is 0.341 e. The summed E-state index contributed by atoms with van der Waals surface area (Å²) in [5.41, 5.74) is 4.80. The number of ether oxygens (including phenoxy) is 1. The van der Waals surface area contributed by atoms with E-state index in [1.807, 2.05) is 39.8 Å². The van der Waals surface area contributed by atoms with Gasteiger partial charge in [0.25, 0.3) is 0 Å². The van der Waals surface area contributed by atoms with E-state index in [1.165, 1.54) is 0 Å². The second kappa shape index (κ2) is 7.39. The van der Waals surface area contributed by atoms with Crippen LogP contribution in [0.25, 0.3) is 0 Å². The van der Waals surface area contributed by atoms with E-state index in [4.69, 9.17) is 12.6 Å². The van der Waals surface area contributed by atoms with Gasteiger partial charge in [0.1, 0.15) is 11.5 Å². The Bertz CT molecular complexity index is 806. The summed E-state index contributed by atoms with van der Waals surface area (Å²) in [6.45, 7) is 5.05. The fourth-order valence-corrected chi connectivity index (χ4v) is 2.77. The second-order valence-electron chi connectivity index (χ2n) is 6.27. The minimum atomic E-state index is -2.77. The Morgan fingerprint density at radius 2 is 1.83 bits per heavy atom. The third kappa shape index (κ3) is 4.28. The lowest BCUT2D eigenvalue weighted by Gasteiger charge is -2.15. The SMILES string of the molecule is [2H]C([2H])(Oc1cc(C)c(Cc2ccc(O)c(C(C)C)c2)c(C)c1)C(=O)O. The standard InChI is InChI=1S/C20H24O4/c1-12(2)17-9-15(5-6-19(17)21)10-18-13(3)7-16(8-14(18)4)24-11-20(22)23/h5-9,12,21H,10-11H2,1-4H3,(H,22,23)/i11D2. The van der Waals surface area contributed by atoms with Gasteiger partial charge in [-0.25, -0.2) is 4.79 Å². The van der Waals surface area contributed by atoms with E-state index in [0.29, 0.717) is 6.42 Å². The maximum Gasteiger partial charge on any atom is 0.341 e. The van der Waals surface area contributed by atoms with Gasteiger partial charge in [-0.05, 0) is 72.2 Å². The van der Waals surface area contributed by atoms with Crippen LogP contribution in [-0.2, 0) is 11.2 Å². The maximum absolute atomic E-state index is 10.9. The van der Waals surface area contributed by atoms with Crippen LogP contribution in [-0.4, -0.2) is 22.7 Å². The van der Waals surface area contributed by atoms with E-state index >= 15 is 0 Å². The molecule has 0 unspecified atom stereocenters. The molecule has 2 aromatic rings. The molecule has 0 aliphatic heterocycles. The fraction of sp³-hybridized carbons (Fsp3) is 0.350. The molecule has 0 spiro atoms. The van der Waals surface area contributed by atoms with Gasteiger partial charge >= 0.3 is 5.97 Å². The van der Waals surface area contributed by atoms with Crippen LogP contribution < -0.4 is 4.74 Å². The molecule has 0 saturated carbocycles.